The summed E-state index contributed by atoms with van der Waals surface area (Å²) in [4.78, 5) is 38.1. The van der Waals surface area contributed by atoms with Crippen LogP contribution in [0.2, 0.25) is 0 Å². The van der Waals surface area contributed by atoms with E-state index in [4.69, 9.17) is 0 Å². The summed E-state index contributed by atoms with van der Waals surface area (Å²) in [5.41, 5.74) is 4.22. The highest BCUT2D eigenvalue weighted by Crippen LogP contribution is 2.31. The van der Waals surface area contributed by atoms with Gasteiger partial charge in [-0.15, -0.1) is 0 Å². The van der Waals surface area contributed by atoms with Crippen molar-refractivity contribution in [1.82, 2.24) is 10.3 Å². The molecule has 138 valence electrons. The fourth-order valence-electron chi connectivity index (χ4n) is 3.71. The Morgan fingerprint density at radius 3 is 2.65 bits per heavy atom. The lowest BCUT2D eigenvalue weighted by atomic mass is 9.76. The maximum Gasteiger partial charge on any atom is 0.245 e. The second-order valence-electron chi connectivity index (χ2n) is 8.05. The third kappa shape index (κ3) is 4.56. The minimum Gasteiger partial charge on any atom is -0.338 e. The molecule has 1 saturated carbocycles. The van der Waals surface area contributed by atoms with Crippen molar-refractivity contribution in [2.45, 2.75) is 46.1 Å². The van der Waals surface area contributed by atoms with E-state index in [0.29, 0.717) is 38.1 Å². The largest absolute Gasteiger partial charge is 0.338 e. The van der Waals surface area contributed by atoms with E-state index in [2.05, 4.69) is 10.5 Å². The van der Waals surface area contributed by atoms with Crippen LogP contribution < -0.4 is 5.43 Å². The van der Waals surface area contributed by atoms with Crippen molar-refractivity contribution >= 4 is 23.3 Å². The van der Waals surface area contributed by atoms with Crippen LogP contribution in [0.1, 0.15) is 45.1 Å². The van der Waals surface area contributed by atoms with Crippen LogP contribution in [0.4, 0.5) is 0 Å². The molecule has 0 bridgehead atoms. The van der Waals surface area contributed by atoms with Gasteiger partial charge in [0.2, 0.25) is 11.8 Å². The van der Waals surface area contributed by atoms with Gasteiger partial charge in [-0.25, -0.2) is 5.43 Å². The number of likely N-dealkylation sites (tertiary alicyclic amines) is 1. The van der Waals surface area contributed by atoms with E-state index in [9.17, 15) is 14.4 Å². The number of hydrogen-bond donors (Lipinski definition) is 1. The molecule has 0 radical (unpaired) electrons. The van der Waals surface area contributed by atoms with Crippen molar-refractivity contribution in [3.05, 3.63) is 35.9 Å². The first kappa shape index (κ1) is 18.3. The molecule has 2 amide bonds. The Morgan fingerprint density at radius 2 is 1.96 bits per heavy atom. The maximum absolute atomic E-state index is 12.4. The van der Waals surface area contributed by atoms with Gasteiger partial charge in [0.15, 0.2) is 0 Å². The summed E-state index contributed by atoms with van der Waals surface area (Å²) in [6, 6.07) is 9.73. The van der Waals surface area contributed by atoms with Gasteiger partial charge in [-0.3, -0.25) is 14.4 Å². The predicted molar refractivity (Wildman–Crippen MR) is 98.2 cm³/mol. The van der Waals surface area contributed by atoms with Gasteiger partial charge in [0.1, 0.15) is 5.78 Å². The highest BCUT2D eigenvalue weighted by atomic mass is 16.2. The number of nitrogens with zero attached hydrogens (tertiary/aromatic N) is 2. The number of carbonyl (C=O) groups is 3. The Kier molecular flexibility index (Phi) is 5.20. The van der Waals surface area contributed by atoms with E-state index in [-0.39, 0.29) is 29.4 Å². The van der Waals surface area contributed by atoms with Gasteiger partial charge in [-0.2, -0.15) is 5.10 Å². The first-order valence-corrected chi connectivity index (χ1v) is 9.01. The molecule has 1 heterocycles. The molecular formula is C20H25N3O3. The number of hydrazone groups is 1. The molecular weight excluding hydrogens is 330 g/mol. The number of Topliss-reactive ketones (excluding diaryl/α,β-unsaturated/α-hetero) is 1. The average molecular weight is 355 g/mol. The van der Waals surface area contributed by atoms with Crippen LogP contribution in [0, 0.1) is 11.3 Å². The fraction of sp³-hybridized carbons (Fsp3) is 0.500. The van der Waals surface area contributed by atoms with Crippen molar-refractivity contribution in [3.63, 3.8) is 0 Å². The zero-order valence-corrected chi connectivity index (χ0v) is 15.3. The van der Waals surface area contributed by atoms with E-state index in [1.807, 2.05) is 44.2 Å². The zero-order chi connectivity index (χ0) is 18.7. The summed E-state index contributed by atoms with van der Waals surface area (Å²) in [5, 5.41) is 4.17. The Morgan fingerprint density at radius 1 is 1.23 bits per heavy atom. The van der Waals surface area contributed by atoms with Gasteiger partial charge >= 0.3 is 0 Å². The standard InChI is InChI=1S/C20H25N3O3/c1-20(2)10-16(9-17(24)11-20)21-22-19(26)15-8-18(25)23(13-15)12-14-6-4-3-5-7-14/h3-7,15H,8-13H2,1-2H3,(H,22,26)/b21-16+. The number of ketones is 1. The number of carbonyl (C=O) groups excluding carboxylic acids is 3. The van der Waals surface area contributed by atoms with Crippen LogP contribution in [0.3, 0.4) is 0 Å². The summed E-state index contributed by atoms with van der Waals surface area (Å²) in [6.45, 7) is 4.96. The monoisotopic (exact) mass is 355 g/mol. The predicted octanol–water partition coefficient (Wildman–Crippen LogP) is 2.29. The highest BCUT2D eigenvalue weighted by Gasteiger charge is 2.35. The second kappa shape index (κ2) is 7.40. The van der Waals surface area contributed by atoms with Gasteiger partial charge in [0.05, 0.1) is 5.92 Å². The van der Waals surface area contributed by atoms with Crippen LogP contribution in [0.15, 0.2) is 35.4 Å². The summed E-state index contributed by atoms with van der Waals surface area (Å²) in [7, 11) is 0. The Hall–Kier alpha value is -2.50. The van der Waals surface area contributed by atoms with E-state index in [0.717, 1.165) is 5.56 Å². The second-order valence-corrected chi connectivity index (χ2v) is 8.05. The molecule has 3 rings (SSSR count). The topological polar surface area (TPSA) is 78.8 Å². The highest BCUT2D eigenvalue weighted by molar-refractivity contribution is 6.05. The first-order chi connectivity index (χ1) is 12.3. The van der Waals surface area contributed by atoms with Gasteiger partial charge in [-0.05, 0) is 17.4 Å². The van der Waals surface area contributed by atoms with Crippen molar-refractivity contribution in [2.24, 2.45) is 16.4 Å². The number of nitrogens with one attached hydrogen (secondary N) is 1. The molecule has 6 nitrogen and oxygen atoms in total. The number of rotatable bonds is 4. The zero-order valence-electron chi connectivity index (χ0n) is 15.3. The molecule has 1 aliphatic heterocycles. The average Bonchev–Trinajstić information content (AvgIpc) is 2.93. The molecule has 1 N–H and O–H groups in total. The van der Waals surface area contributed by atoms with Gasteiger partial charge in [-0.1, -0.05) is 44.2 Å². The summed E-state index contributed by atoms with van der Waals surface area (Å²) in [5.74, 6) is -0.518. The van der Waals surface area contributed by atoms with Crippen molar-refractivity contribution in [2.75, 3.05) is 6.54 Å². The van der Waals surface area contributed by atoms with Crippen molar-refractivity contribution < 1.29 is 14.4 Å². The van der Waals surface area contributed by atoms with Crippen LogP contribution in [0.25, 0.3) is 0 Å². The normalized spacial score (nSPS) is 24.2. The molecule has 2 fully saturated rings. The molecule has 1 aromatic carbocycles. The van der Waals surface area contributed by atoms with Crippen LogP contribution in [-0.4, -0.2) is 34.8 Å². The van der Waals surface area contributed by atoms with E-state index in [1.54, 1.807) is 4.90 Å². The summed E-state index contributed by atoms with van der Waals surface area (Å²) >= 11 is 0. The minimum absolute atomic E-state index is 0.0179. The molecule has 1 unspecified atom stereocenters. The van der Waals surface area contributed by atoms with Gasteiger partial charge in [0, 0.05) is 38.1 Å². The first-order valence-electron chi connectivity index (χ1n) is 9.01. The lowest BCUT2D eigenvalue weighted by Gasteiger charge is -2.29. The van der Waals surface area contributed by atoms with Gasteiger partial charge < -0.3 is 4.90 Å². The summed E-state index contributed by atoms with van der Waals surface area (Å²) in [6.07, 6.45) is 1.75. The molecule has 1 atom stereocenters. The van der Waals surface area contributed by atoms with Crippen molar-refractivity contribution in [3.8, 4) is 0 Å². The smallest absolute Gasteiger partial charge is 0.245 e. The SMILES string of the molecule is CC1(C)CC(=O)C/C(=N\NC(=O)C2CC(=O)N(Cc3ccccc3)C2)C1. The number of hydrogen-bond acceptors (Lipinski definition) is 4. The third-order valence-electron chi connectivity index (χ3n) is 4.89. The van der Waals surface area contributed by atoms with Crippen molar-refractivity contribution in [1.29, 1.82) is 0 Å². The molecule has 1 saturated heterocycles. The Balaban J connectivity index is 1.56. The fourth-order valence-corrected chi connectivity index (χ4v) is 3.71. The van der Waals surface area contributed by atoms with Crippen LogP contribution >= 0.6 is 0 Å². The van der Waals surface area contributed by atoms with E-state index >= 15 is 0 Å². The molecule has 0 spiro atoms. The minimum atomic E-state index is -0.400. The lowest BCUT2D eigenvalue weighted by Crippen LogP contribution is -2.33. The third-order valence-corrected chi connectivity index (χ3v) is 4.89. The maximum atomic E-state index is 12.4. The molecule has 1 aromatic rings. The number of amides is 2. The van der Waals surface area contributed by atoms with Gasteiger partial charge in [0.25, 0.3) is 0 Å². The van der Waals surface area contributed by atoms with Crippen LogP contribution in [0.5, 0.6) is 0 Å². The van der Waals surface area contributed by atoms with E-state index < -0.39 is 5.92 Å². The van der Waals surface area contributed by atoms with E-state index in [1.165, 1.54) is 0 Å². The molecule has 0 aromatic heterocycles. The lowest BCUT2D eigenvalue weighted by molar-refractivity contribution is -0.129. The summed E-state index contributed by atoms with van der Waals surface area (Å²) < 4.78 is 0. The molecule has 1 aliphatic carbocycles. The number of benzene rings is 1. The van der Waals surface area contributed by atoms with Crippen LogP contribution in [-0.2, 0) is 20.9 Å². The molecule has 2 aliphatic rings. The quantitative estimate of drug-likeness (QED) is 0.842. The Labute approximate surface area is 153 Å². The molecule has 26 heavy (non-hydrogen) atoms. The molecule has 6 heteroatoms. The Bertz CT molecular complexity index is 740.